The number of nitrogens with one attached hydrogen (secondary N) is 2. The number of aryl methyl sites for hydroxylation is 1. The number of sulfonamides is 1. The van der Waals surface area contributed by atoms with Gasteiger partial charge in [-0.2, -0.15) is 0 Å². The van der Waals surface area contributed by atoms with Crippen LogP contribution in [0.1, 0.15) is 53.6 Å². The number of carbonyl (C=O) groups excluding carboxylic acids is 1. The number of hydrogen-bond acceptors (Lipinski definition) is 4. The molecule has 1 aliphatic rings. The standard InChI is InChI=1S/C24H33N3O3S/c1-20-12-13-22(31(29,30)26-19-21-10-5-4-6-11-21)18-23(20)24(28)25-14-9-17-27-15-7-2-3-8-16-27/h4-6,10-13,18,26H,2-3,7-9,14-17,19H2,1H3,(H,25,28). The van der Waals surface area contributed by atoms with Gasteiger partial charge in [0.2, 0.25) is 10.0 Å². The highest BCUT2D eigenvalue weighted by atomic mass is 32.2. The Hall–Kier alpha value is -2.22. The molecule has 0 unspecified atom stereocenters. The van der Waals surface area contributed by atoms with Crippen molar-refractivity contribution in [3.8, 4) is 0 Å². The summed E-state index contributed by atoms with van der Waals surface area (Å²) in [6.07, 6.45) is 6.02. The number of carbonyl (C=O) groups is 1. The molecule has 1 aliphatic heterocycles. The molecule has 2 aromatic carbocycles. The van der Waals surface area contributed by atoms with Crippen molar-refractivity contribution in [1.29, 1.82) is 0 Å². The molecule has 0 aromatic heterocycles. The van der Waals surface area contributed by atoms with Crippen molar-refractivity contribution >= 4 is 15.9 Å². The Labute approximate surface area is 186 Å². The second kappa shape index (κ2) is 11.4. The predicted octanol–water partition coefficient (Wildman–Crippen LogP) is 3.47. The molecular formula is C24H33N3O3S. The maximum atomic E-state index is 12.7. The SMILES string of the molecule is Cc1ccc(S(=O)(=O)NCc2ccccc2)cc1C(=O)NCCCN1CCCCCC1. The van der Waals surface area contributed by atoms with Crippen molar-refractivity contribution in [3.63, 3.8) is 0 Å². The first kappa shape index (κ1) is 23.4. The van der Waals surface area contributed by atoms with Crippen LogP contribution in [0.5, 0.6) is 0 Å². The van der Waals surface area contributed by atoms with Crippen LogP contribution in [0, 0.1) is 6.92 Å². The van der Waals surface area contributed by atoms with Crippen LogP contribution in [0.15, 0.2) is 53.4 Å². The summed E-state index contributed by atoms with van der Waals surface area (Å²) in [7, 11) is -3.71. The fourth-order valence-electron chi connectivity index (χ4n) is 3.83. The molecule has 0 aliphatic carbocycles. The number of amides is 1. The highest BCUT2D eigenvalue weighted by molar-refractivity contribution is 7.89. The second-order valence-electron chi connectivity index (χ2n) is 8.15. The van der Waals surface area contributed by atoms with E-state index in [2.05, 4.69) is 14.9 Å². The lowest BCUT2D eigenvalue weighted by Crippen LogP contribution is -2.31. The lowest BCUT2D eigenvalue weighted by molar-refractivity contribution is 0.0951. The summed E-state index contributed by atoms with van der Waals surface area (Å²) in [5.41, 5.74) is 2.03. The van der Waals surface area contributed by atoms with Gasteiger partial charge in [-0.15, -0.1) is 0 Å². The molecule has 0 atom stereocenters. The fourth-order valence-corrected chi connectivity index (χ4v) is 4.87. The van der Waals surface area contributed by atoms with E-state index >= 15 is 0 Å². The van der Waals surface area contributed by atoms with E-state index < -0.39 is 10.0 Å². The molecule has 0 radical (unpaired) electrons. The first-order valence-corrected chi connectivity index (χ1v) is 12.6. The van der Waals surface area contributed by atoms with E-state index in [1.807, 2.05) is 37.3 Å². The molecule has 3 rings (SSSR count). The van der Waals surface area contributed by atoms with Gasteiger partial charge in [0.05, 0.1) is 4.90 Å². The number of benzene rings is 2. The molecule has 1 amide bonds. The van der Waals surface area contributed by atoms with E-state index in [0.29, 0.717) is 12.1 Å². The predicted molar refractivity (Wildman–Crippen MR) is 124 cm³/mol. The summed E-state index contributed by atoms with van der Waals surface area (Å²) >= 11 is 0. The van der Waals surface area contributed by atoms with Gasteiger partial charge in [-0.05, 0) is 69.1 Å². The summed E-state index contributed by atoms with van der Waals surface area (Å²) < 4.78 is 28.0. The third kappa shape index (κ3) is 7.16. The lowest BCUT2D eigenvalue weighted by Gasteiger charge is -2.19. The Morgan fingerprint density at radius 2 is 1.71 bits per heavy atom. The average Bonchev–Trinajstić information content (AvgIpc) is 3.05. The van der Waals surface area contributed by atoms with E-state index in [1.165, 1.54) is 31.7 Å². The molecule has 168 valence electrons. The van der Waals surface area contributed by atoms with Crippen molar-refractivity contribution in [2.45, 2.75) is 50.5 Å². The van der Waals surface area contributed by atoms with Crippen LogP contribution in [0.3, 0.4) is 0 Å². The van der Waals surface area contributed by atoms with Crippen LogP contribution >= 0.6 is 0 Å². The van der Waals surface area contributed by atoms with E-state index in [4.69, 9.17) is 0 Å². The van der Waals surface area contributed by atoms with E-state index in [0.717, 1.165) is 37.2 Å². The number of hydrogen-bond donors (Lipinski definition) is 2. The summed E-state index contributed by atoms with van der Waals surface area (Å²) in [4.78, 5) is 15.3. The minimum Gasteiger partial charge on any atom is -0.352 e. The highest BCUT2D eigenvalue weighted by Gasteiger charge is 2.18. The summed E-state index contributed by atoms with van der Waals surface area (Å²) in [6, 6.07) is 14.0. The normalized spacial score (nSPS) is 15.4. The Bertz CT molecular complexity index is 953. The van der Waals surface area contributed by atoms with Gasteiger partial charge in [0.25, 0.3) is 5.91 Å². The number of rotatable bonds is 9. The molecule has 6 nitrogen and oxygen atoms in total. The third-order valence-electron chi connectivity index (χ3n) is 5.71. The second-order valence-corrected chi connectivity index (χ2v) is 9.92. The molecule has 1 saturated heterocycles. The molecule has 1 fully saturated rings. The van der Waals surface area contributed by atoms with Crippen LogP contribution in [-0.2, 0) is 16.6 Å². The lowest BCUT2D eigenvalue weighted by atomic mass is 10.1. The molecule has 0 bridgehead atoms. The van der Waals surface area contributed by atoms with E-state index in [-0.39, 0.29) is 17.3 Å². The van der Waals surface area contributed by atoms with Gasteiger partial charge in [0.1, 0.15) is 0 Å². The van der Waals surface area contributed by atoms with Gasteiger partial charge in [-0.3, -0.25) is 4.79 Å². The van der Waals surface area contributed by atoms with Crippen molar-refractivity contribution in [2.75, 3.05) is 26.2 Å². The summed E-state index contributed by atoms with van der Waals surface area (Å²) in [5.74, 6) is -0.228. The van der Waals surface area contributed by atoms with Crippen LogP contribution in [0.25, 0.3) is 0 Å². The van der Waals surface area contributed by atoms with Crippen LogP contribution in [0.4, 0.5) is 0 Å². The molecule has 0 spiro atoms. The van der Waals surface area contributed by atoms with Crippen molar-refractivity contribution in [1.82, 2.24) is 14.9 Å². The van der Waals surface area contributed by atoms with E-state index in [1.54, 1.807) is 12.1 Å². The Kier molecular flexibility index (Phi) is 8.63. The maximum absolute atomic E-state index is 12.7. The first-order valence-electron chi connectivity index (χ1n) is 11.1. The average molecular weight is 444 g/mol. The van der Waals surface area contributed by atoms with Gasteiger partial charge in [-0.25, -0.2) is 13.1 Å². The van der Waals surface area contributed by atoms with Crippen LogP contribution in [0.2, 0.25) is 0 Å². The molecule has 2 N–H and O–H groups in total. The van der Waals surface area contributed by atoms with Crippen molar-refractivity contribution in [2.24, 2.45) is 0 Å². The van der Waals surface area contributed by atoms with Crippen LogP contribution in [-0.4, -0.2) is 45.4 Å². The van der Waals surface area contributed by atoms with Crippen molar-refractivity contribution in [3.05, 3.63) is 65.2 Å². The molecule has 0 saturated carbocycles. The zero-order valence-corrected chi connectivity index (χ0v) is 19.1. The zero-order valence-electron chi connectivity index (χ0n) is 18.3. The van der Waals surface area contributed by atoms with Gasteiger partial charge >= 0.3 is 0 Å². The first-order chi connectivity index (χ1) is 15.0. The fraction of sp³-hybridized carbons (Fsp3) is 0.458. The molecule has 7 heteroatoms. The number of nitrogens with zero attached hydrogens (tertiary/aromatic N) is 1. The molecule has 2 aromatic rings. The monoisotopic (exact) mass is 443 g/mol. The zero-order chi connectivity index (χ0) is 22.1. The molecular weight excluding hydrogens is 410 g/mol. The summed E-state index contributed by atoms with van der Waals surface area (Å²) in [5, 5.41) is 2.95. The Morgan fingerprint density at radius 3 is 2.42 bits per heavy atom. The molecule has 31 heavy (non-hydrogen) atoms. The number of likely N-dealkylation sites (tertiary alicyclic amines) is 1. The van der Waals surface area contributed by atoms with Gasteiger partial charge in [-0.1, -0.05) is 49.2 Å². The van der Waals surface area contributed by atoms with Gasteiger partial charge in [0.15, 0.2) is 0 Å². The van der Waals surface area contributed by atoms with Gasteiger partial charge in [0, 0.05) is 18.7 Å². The third-order valence-corrected chi connectivity index (χ3v) is 7.11. The Balaban J connectivity index is 1.55. The van der Waals surface area contributed by atoms with E-state index in [9.17, 15) is 13.2 Å². The van der Waals surface area contributed by atoms with Crippen molar-refractivity contribution < 1.29 is 13.2 Å². The minimum absolute atomic E-state index is 0.101. The smallest absolute Gasteiger partial charge is 0.251 e. The minimum atomic E-state index is -3.71. The highest BCUT2D eigenvalue weighted by Crippen LogP contribution is 2.16. The topological polar surface area (TPSA) is 78.5 Å². The molecule has 1 heterocycles. The van der Waals surface area contributed by atoms with Crippen LogP contribution < -0.4 is 10.0 Å². The quantitative estimate of drug-likeness (QED) is 0.582. The van der Waals surface area contributed by atoms with Gasteiger partial charge < -0.3 is 10.2 Å². The Morgan fingerprint density at radius 1 is 1.00 bits per heavy atom. The largest absolute Gasteiger partial charge is 0.352 e. The summed E-state index contributed by atoms with van der Waals surface area (Å²) in [6.45, 7) is 5.87. The maximum Gasteiger partial charge on any atom is 0.251 e.